The van der Waals surface area contributed by atoms with Crippen molar-refractivity contribution in [3.05, 3.63) is 29.3 Å². The molecule has 0 aliphatic heterocycles. The number of ketones is 1. The van der Waals surface area contributed by atoms with E-state index in [1.54, 1.807) is 0 Å². The second-order valence-electron chi connectivity index (χ2n) is 6.42. The molecule has 0 bridgehead atoms. The van der Waals surface area contributed by atoms with Gasteiger partial charge in [0.1, 0.15) is 5.75 Å². The van der Waals surface area contributed by atoms with E-state index in [-0.39, 0.29) is 5.78 Å². The first-order chi connectivity index (χ1) is 10.8. The Bertz CT molecular complexity index is 465. The largest absolute Gasteiger partial charge is 0.494 e. The summed E-state index contributed by atoms with van der Waals surface area (Å²) < 4.78 is 5.81. The highest BCUT2D eigenvalue weighted by Crippen LogP contribution is 2.25. The van der Waals surface area contributed by atoms with E-state index in [9.17, 15) is 4.79 Å². The van der Waals surface area contributed by atoms with E-state index >= 15 is 0 Å². The summed E-state index contributed by atoms with van der Waals surface area (Å²) >= 11 is 0. The van der Waals surface area contributed by atoms with Crippen LogP contribution >= 0.6 is 0 Å². The van der Waals surface area contributed by atoms with E-state index in [0.29, 0.717) is 6.42 Å². The van der Waals surface area contributed by atoms with Crippen LogP contribution in [0.15, 0.2) is 18.2 Å². The fourth-order valence-electron chi connectivity index (χ4n) is 3.12. The van der Waals surface area contributed by atoms with Crippen molar-refractivity contribution in [1.29, 1.82) is 0 Å². The van der Waals surface area contributed by atoms with Crippen LogP contribution in [0.25, 0.3) is 0 Å². The van der Waals surface area contributed by atoms with Crippen molar-refractivity contribution in [2.45, 2.75) is 77.6 Å². The van der Waals surface area contributed by atoms with Gasteiger partial charge in [-0.25, -0.2) is 0 Å². The van der Waals surface area contributed by atoms with E-state index in [0.717, 1.165) is 37.2 Å². The maximum absolute atomic E-state index is 11.9. The first-order valence-corrected chi connectivity index (χ1v) is 9.10. The maximum Gasteiger partial charge on any atom is 0.163 e. The van der Waals surface area contributed by atoms with Crippen LogP contribution in [0.3, 0.4) is 0 Å². The number of fused-ring (bicyclic) bond motifs is 1. The van der Waals surface area contributed by atoms with Crippen molar-refractivity contribution < 1.29 is 9.53 Å². The Morgan fingerprint density at radius 3 is 2.45 bits per heavy atom. The van der Waals surface area contributed by atoms with Gasteiger partial charge in [0.15, 0.2) is 5.78 Å². The molecule has 0 heterocycles. The topological polar surface area (TPSA) is 26.3 Å². The molecule has 1 aliphatic rings. The van der Waals surface area contributed by atoms with Crippen molar-refractivity contribution in [2.24, 2.45) is 0 Å². The number of hydrogen-bond acceptors (Lipinski definition) is 2. The summed E-state index contributed by atoms with van der Waals surface area (Å²) in [5.74, 6) is 1.13. The predicted octanol–water partition coefficient (Wildman–Crippen LogP) is 5.73. The minimum absolute atomic E-state index is 0.277. The summed E-state index contributed by atoms with van der Waals surface area (Å²) in [6.07, 6.45) is 13.2. The van der Waals surface area contributed by atoms with Gasteiger partial charge in [-0.1, -0.05) is 57.9 Å². The molecule has 0 N–H and O–H groups in total. The molecule has 1 aromatic rings. The van der Waals surface area contributed by atoms with Gasteiger partial charge in [-0.05, 0) is 37.0 Å². The molecular formula is C20H30O2. The number of Topliss-reactive ketones (excluding diaryl/α,β-unsaturated/α-hetero) is 1. The second-order valence-corrected chi connectivity index (χ2v) is 6.42. The molecule has 1 aromatic carbocycles. The average Bonchev–Trinajstić information content (AvgIpc) is 2.54. The molecule has 2 heteroatoms. The van der Waals surface area contributed by atoms with Crippen LogP contribution in [0.1, 0.15) is 87.1 Å². The Morgan fingerprint density at radius 2 is 1.68 bits per heavy atom. The van der Waals surface area contributed by atoms with Crippen molar-refractivity contribution in [2.75, 3.05) is 6.61 Å². The summed E-state index contributed by atoms with van der Waals surface area (Å²) in [7, 11) is 0. The fourth-order valence-corrected chi connectivity index (χ4v) is 3.12. The van der Waals surface area contributed by atoms with Crippen LogP contribution < -0.4 is 4.74 Å². The van der Waals surface area contributed by atoms with E-state index in [2.05, 4.69) is 13.0 Å². The molecule has 0 fully saturated rings. The maximum atomic E-state index is 11.9. The predicted molar refractivity (Wildman–Crippen MR) is 91.8 cm³/mol. The van der Waals surface area contributed by atoms with Gasteiger partial charge in [0, 0.05) is 12.0 Å². The Hall–Kier alpha value is -1.31. The zero-order valence-corrected chi connectivity index (χ0v) is 14.0. The molecular weight excluding hydrogens is 272 g/mol. The molecule has 22 heavy (non-hydrogen) atoms. The Kier molecular flexibility index (Phi) is 7.48. The molecule has 0 spiro atoms. The summed E-state index contributed by atoms with van der Waals surface area (Å²) in [4.78, 5) is 11.9. The summed E-state index contributed by atoms with van der Waals surface area (Å²) in [5, 5.41) is 0. The number of rotatable bonds is 10. The number of benzene rings is 1. The molecule has 122 valence electrons. The van der Waals surface area contributed by atoms with E-state index in [1.165, 1.54) is 50.5 Å². The highest BCUT2D eigenvalue weighted by atomic mass is 16.5. The minimum Gasteiger partial charge on any atom is -0.494 e. The molecule has 0 atom stereocenters. The van der Waals surface area contributed by atoms with E-state index in [4.69, 9.17) is 4.74 Å². The van der Waals surface area contributed by atoms with Crippen LogP contribution in [0.4, 0.5) is 0 Å². The Labute approximate surface area is 135 Å². The molecule has 0 unspecified atom stereocenters. The molecule has 0 aromatic heterocycles. The summed E-state index contributed by atoms with van der Waals surface area (Å²) in [5.41, 5.74) is 2.08. The second kappa shape index (κ2) is 9.66. The molecule has 0 saturated carbocycles. The lowest BCUT2D eigenvalue weighted by Crippen LogP contribution is -2.11. The summed E-state index contributed by atoms with van der Waals surface area (Å²) in [6, 6.07) is 6.03. The standard InChI is InChI=1S/C20H30O2/c1-2-3-4-5-6-7-8-9-15-22-18-14-13-17-11-10-12-20(21)19(17)16-18/h13-14,16H,2-12,15H2,1H3. The smallest absolute Gasteiger partial charge is 0.163 e. The number of aryl methyl sites for hydroxylation is 1. The minimum atomic E-state index is 0.277. The number of hydrogen-bond donors (Lipinski definition) is 0. The van der Waals surface area contributed by atoms with Gasteiger partial charge in [0.2, 0.25) is 0 Å². The summed E-state index contributed by atoms with van der Waals surface area (Å²) in [6.45, 7) is 3.02. The van der Waals surface area contributed by atoms with E-state index in [1.807, 2.05) is 12.1 Å². The average molecular weight is 302 g/mol. The lowest BCUT2D eigenvalue weighted by atomic mass is 9.90. The van der Waals surface area contributed by atoms with Crippen LogP contribution in [0.5, 0.6) is 5.75 Å². The zero-order valence-electron chi connectivity index (χ0n) is 14.0. The van der Waals surface area contributed by atoms with Crippen LogP contribution in [0, 0.1) is 0 Å². The van der Waals surface area contributed by atoms with Crippen molar-refractivity contribution in [3.8, 4) is 5.75 Å². The number of carbonyl (C=O) groups is 1. The fraction of sp³-hybridized carbons (Fsp3) is 0.650. The van der Waals surface area contributed by atoms with Gasteiger partial charge in [0.05, 0.1) is 6.61 Å². The lowest BCUT2D eigenvalue weighted by molar-refractivity contribution is 0.0972. The number of unbranched alkanes of at least 4 members (excludes halogenated alkanes) is 7. The first kappa shape index (κ1) is 17.1. The first-order valence-electron chi connectivity index (χ1n) is 9.10. The van der Waals surface area contributed by atoms with Crippen molar-refractivity contribution in [3.63, 3.8) is 0 Å². The normalized spacial score (nSPS) is 14.0. The highest BCUT2D eigenvalue weighted by Gasteiger charge is 2.17. The highest BCUT2D eigenvalue weighted by molar-refractivity contribution is 5.98. The number of carbonyl (C=O) groups excluding carboxylic acids is 1. The Morgan fingerprint density at radius 1 is 0.955 bits per heavy atom. The van der Waals surface area contributed by atoms with Crippen LogP contribution in [-0.4, -0.2) is 12.4 Å². The van der Waals surface area contributed by atoms with E-state index < -0.39 is 0 Å². The third kappa shape index (κ3) is 5.47. The van der Waals surface area contributed by atoms with Gasteiger partial charge in [-0.3, -0.25) is 4.79 Å². The van der Waals surface area contributed by atoms with Crippen LogP contribution in [0.2, 0.25) is 0 Å². The lowest BCUT2D eigenvalue weighted by Gasteiger charge is -2.16. The zero-order chi connectivity index (χ0) is 15.6. The van der Waals surface area contributed by atoms with Crippen molar-refractivity contribution >= 4 is 5.78 Å². The molecule has 0 saturated heterocycles. The Balaban J connectivity index is 1.61. The molecule has 0 amide bonds. The molecule has 2 nitrogen and oxygen atoms in total. The molecule has 0 radical (unpaired) electrons. The van der Waals surface area contributed by atoms with Gasteiger partial charge in [0.25, 0.3) is 0 Å². The van der Waals surface area contributed by atoms with Gasteiger partial charge in [-0.2, -0.15) is 0 Å². The van der Waals surface area contributed by atoms with Gasteiger partial charge < -0.3 is 4.74 Å². The quantitative estimate of drug-likeness (QED) is 0.516. The third-order valence-electron chi connectivity index (χ3n) is 4.50. The SMILES string of the molecule is CCCCCCCCCCOc1ccc2c(c1)C(=O)CCC2. The van der Waals surface area contributed by atoms with Crippen LogP contribution in [-0.2, 0) is 6.42 Å². The third-order valence-corrected chi connectivity index (χ3v) is 4.50. The monoisotopic (exact) mass is 302 g/mol. The molecule has 2 rings (SSSR count). The molecule has 1 aliphatic carbocycles. The number of ether oxygens (including phenoxy) is 1. The van der Waals surface area contributed by atoms with Gasteiger partial charge >= 0.3 is 0 Å². The van der Waals surface area contributed by atoms with Gasteiger partial charge in [-0.15, -0.1) is 0 Å². The van der Waals surface area contributed by atoms with Crippen molar-refractivity contribution in [1.82, 2.24) is 0 Å².